The van der Waals surface area contributed by atoms with Crippen molar-refractivity contribution in [1.29, 1.82) is 0 Å². The number of piperazine rings is 1. The number of H-pyrrole nitrogens is 2. The highest BCUT2D eigenvalue weighted by molar-refractivity contribution is 5.92. The second-order valence-corrected chi connectivity index (χ2v) is 24.5. The Balaban J connectivity index is 0.633. The highest BCUT2D eigenvalue weighted by Crippen LogP contribution is 2.33. The summed E-state index contributed by atoms with van der Waals surface area (Å²) in [7, 11) is 0. The molecular weight excluding hydrogens is 1240 g/mol. The molecule has 7 heterocycles. The molecule has 0 unspecified atom stereocenters. The van der Waals surface area contributed by atoms with E-state index in [1.807, 2.05) is 131 Å². The minimum atomic E-state index is -0.694. The van der Waals surface area contributed by atoms with Gasteiger partial charge in [0.1, 0.15) is 46.5 Å². The van der Waals surface area contributed by atoms with Crippen LogP contribution in [0, 0.1) is 6.92 Å². The van der Waals surface area contributed by atoms with Crippen LogP contribution < -0.4 is 37.5 Å². The van der Waals surface area contributed by atoms with Gasteiger partial charge in [-0.1, -0.05) is 44.2 Å². The van der Waals surface area contributed by atoms with Crippen LogP contribution in [-0.4, -0.2) is 194 Å². The number of hydrogen-bond donors (Lipinski definition) is 7. The molecule has 10 N–H and O–H groups in total. The molecule has 1 aliphatic heterocycles. The van der Waals surface area contributed by atoms with Crippen LogP contribution in [0.3, 0.4) is 0 Å². The summed E-state index contributed by atoms with van der Waals surface area (Å²) in [6, 6.07) is 34.4. The molecule has 28 heteroatoms. The SMILES string of the molecule is CCCN(CC(=O)N(CCC)CC(=O)N(CCC)CC(=O)N(CCCn1cc(CN2CCN(c3cc(Nc4cc(Nc5ccc6ccccc6n5)ccn4)nc(C)n3)CC2)nn1)CC(N)=O)C(=O)CCCOc1cc(-c2nc3cc(N)ccc3[nH]2)cc(-c2nc3ccc(N)cc3[nH]2)c1. The first kappa shape index (κ1) is 68.1. The van der Waals surface area contributed by atoms with Gasteiger partial charge in [-0.15, -0.1) is 5.10 Å². The molecule has 10 aromatic rings. The number of nitrogen functional groups attached to an aromatic ring is 2. The second kappa shape index (κ2) is 32.0. The van der Waals surface area contributed by atoms with Crippen molar-refractivity contribution in [2.75, 3.05) is 112 Å². The normalized spacial score (nSPS) is 12.5. The molecule has 0 spiro atoms. The molecule has 0 bridgehead atoms. The molecule has 0 radical (unpaired) electrons. The molecule has 0 atom stereocenters. The smallest absolute Gasteiger partial charge is 0.242 e. The minimum Gasteiger partial charge on any atom is -0.494 e. The summed E-state index contributed by atoms with van der Waals surface area (Å²) in [5.41, 5.74) is 26.1. The number of primary amides is 1. The van der Waals surface area contributed by atoms with Crippen molar-refractivity contribution in [2.24, 2.45) is 5.73 Å². The number of pyridine rings is 2. The number of anilines is 7. The zero-order valence-corrected chi connectivity index (χ0v) is 55.8. The summed E-state index contributed by atoms with van der Waals surface area (Å²) in [6.07, 6.45) is 6.17. The molecule has 1 aliphatic rings. The molecule has 510 valence electrons. The fourth-order valence-electron chi connectivity index (χ4n) is 11.9. The number of imidazole rings is 2. The van der Waals surface area contributed by atoms with Gasteiger partial charge < -0.3 is 67.0 Å². The van der Waals surface area contributed by atoms with Crippen molar-refractivity contribution in [3.05, 3.63) is 133 Å². The van der Waals surface area contributed by atoms with Crippen LogP contribution in [0.2, 0.25) is 0 Å². The van der Waals surface area contributed by atoms with Gasteiger partial charge >= 0.3 is 0 Å². The number of nitrogens with one attached hydrogen (secondary N) is 4. The molecule has 0 aliphatic carbocycles. The number of nitrogens with zero attached hydrogens (tertiary/aromatic N) is 15. The number of rotatable bonds is 32. The minimum absolute atomic E-state index is 0.102. The Morgan fingerprint density at radius 2 is 1.26 bits per heavy atom. The van der Waals surface area contributed by atoms with Crippen LogP contribution in [0.5, 0.6) is 5.75 Å². The Morgan fingerprint density at radius 3 is 1.97 bits per heavy atom. The van der Waals surface area contributed by atoms with Gasteiger partial charge in [-0.2, -0.15) is 0 Å². The van der Waals surface area contributed by atoms with E-state index in [0.29, 0.717) is 103 Å². The second-order valence-electron chi connectivity index (χ2n) is 24.5. The number of nitrogens with two attached hydrogens (primary N) is 3. The van der Waals surface area contributed by atoms with Crippen LogP contribution in [0.1, 0.15) is 70.8 Å². The van der Waals surface area contributed by atoms with Crippen molar-refractivity contribution in [3.63, 3.8) is 0 Å². The average molecular weight is 1330 g/mol. The number of benzene rings is 4. The number of aromatic nitrogens is 11. The highest BCUT2D eigenvalue weighted by atomic mass is 16.5. The predicted molar refractivity (Wildman–Crippen MR) is 378 cm³/mol. The van der Waals surface area contributed by atoms with Crippen molar-refractivity contribution in [1.82, 2.24) is 79.4 Å². The van der Waals surface area contributed by atoms with E-state index in [2.05, 4.69) is 50.7 Å². The zero-order chi connectivity index (χ0) is 68.7. The molecule has 11 rings (SSSR count). The van der Waals surface area contributed by atoms with E-state index in [0.717, 1.165) is 87.8 Å². The molecule has 1 fully saturated rings. The molecule has 5 amide bonds. The van der Waals surface area contributed by atoms with E-state index < -0.39 is 17.7 Å². The van der Waals surface area contributed by atoms with Gasteiger partial charge in [0.2, 0.25) is 29.5 Å². The Hall–Kier alpha value is -11.3. The maximum Gasteiger partial charge on any atom is 0.242 e. The standard InChI is InChI=1S/C70H84N22O6/c1-5-23-88(65(94)14-10-32-98-54-34-48(69-79-56-18-16-50(71)36-58(56)81-69)33-49(35-54)70-80-57-19-17-51(72)37-59(57)82-70)43-66(95)89(24-6-2)44-67(96)90(25-7-3)45-68(97)91(42-60(73)93)26-11-27-92-41-53(84-85-92)40-86-28-30-87(31-29-86)64-39-63(75-46(4)76-64)83-62-38-52(21-22-74-62)77-61-20-15-47-12-8-9-13-55(47)78-61/h8-9,12-13,15-22,33-39,41H,5-7,10-11,14,23-32,40,42-45,71-72H2,1-4H3,(H2,73,93)(H,79,81)(H,80,82)(H2,74,75,76,77,78,83). The lowest BCUT2D eigenvalue weighted by Crippen LogP contribution is -2.50. The number of carbonyl (C=O) groups excluding carboxylic acids is 5. The van der Waals surface area contributed by atoms with Crippen LogP contribution in [-0.2, 0) is 37.1 Å². The fourth-order valence-corrected chi connectivity index (χ4v) is 11.9. The van der Waals surface area contributed by atoms with E-state index >= 15 is 0 Å². The lowest BCUT2D eigenvalue weighted by Gasteiger charge is -2.35. The maximum atomic E-state index is 14.1. The third kappa shape index (κ3) is 18.0. The Morgan fingerprint density at radius 1 is 0.592 bits per heavy atom. The van der Waals surface area contributed by atoms with Crippen LogP contribution >= 0.6 is 0 Å². The van der Waals surface area contributed by atoms with Crippen molar-refractivity contribution in [3.8, 4) is 28.5 Å². The van der Waals surface area contributed by atoms with E-state index in [1.165, 1.54) is 19.6 Å². The molecule has 4 aromatic carbocycles. The molecule has 1 saturated heterocycles. The molecular formula is C70H84N22O6. The van der Waals surface area contributed by atoms with Gasteiger partial charge in [-0.3, -0.25) is 33.6 Å². The largest absolute Gasteiger partial charge is 0.494 e. The number of para-hydroxylation sites is 1. The topological polar surface area (TPSA) is 356 Å². The van der Waals surface area contributed by atoms with Gasteiger partial charge in [-0.05, 0) is 118 Å². The number of carbonyl (C=O) groups is 5. The summed E-state index contributed by atoms with van der Waals surface area (Å²) >= 11 is 0. The molecule has 0 saturated carbocycles. The number of fused-ring (bicyclic) bond motifs is 3. The van der Waals surface area contributed by atoms with Crippen LogP contribution in [0.4, 0.5) is 40.3 Å². The summed E-state index contributed by atoms with van der Waals surface area (Å²) in [4.78, 5) is 114. The van der Waals surface area contributed by atoms with Gasteiger partial charge in [0, 0.05) is 130 Å². The number of hydrogen-bond acceptors (Lipinski definition) is 20. The average Bonchev–Trinajstić information content (AvgIpc) is 1.69. The Bertz CT molecular complexity index is 4350. The third-order valence-electron chi connectivity index (χ3n) is 16.7. The first-order valence-corrected chi connectivity index (χ1v) is 33.3. The lowest BCUT2D eigenvalue weighted by molar-refractivity contribution is -0.146. The van der Waals surface area contributed by atoms with E-state index in [4.69, 9.17) is 41.9 Å². The third-order valence-corrected chi connectivity index (χ3v) is 16.7. The summed E-state index contributed by atoms with van der Waals surface area (Å²) in [5.74, 6) is 2.96. The first-order valence-electron chi connectivity index (χ1n) is 33.3. The highest BCUT2D eigenvalue weighted by Gasteiger charge is 2.28. The Labute approximate surface area is 567 Å². The number of ether oxygens (including phenoxy) is 1. The zero-order valence-electron chi connectivity index (χ0n) is 55.8. The molecule has 98 heavy (non-hydrogen) atoms. The van der Waals surface area contributed by atoms with E-state index in [-0.39, 0.29) is 70.7 Å². The summed E-state index contributed by atoms with van der Waals surface area (Å²) < 4.78 is 8.05. The number of aryl methyl sites for hydroxylation is 2. The number of aromatic amines is 2. The molecule has 6 aromatic heterocycles. The van der Waals surface area contributed by atoms with Crippen molar-refractivity contribution >= 4 is 103 Å². The van der Waals surface area contributed by atoms with Gasteiger partial charge in [0.15, 0.2) is 0 Å². The van der Waals surface area contributed by atoms with Gasteiger partial charge in [0.25, 0.3) is 0 Å². The Kier molecular flexibility index (Phi) is 22.2. The summed E-state index contributed by atoms with van der Waals surface area (Å²) in [6.45, 7) is 11.5. The van der Waals surface area contributed by atoms with Gasteiger partial charge in [-0.25, -0.2) is 29.9 Å². The summed E-state index contributed by atoms with van der Waals surface area (Å²) in [5, 5.41) is 16.6. The maximum absolute atomic E-state index is 14.1. The number of amides is 5. The van der Waals surface area contributed by atoms with Gasteiger partial charge in [0.05, 0.1) is 66.1 Å². The van der Waals surface area contributed by atoms with Crippen molar-refractivity contribution in [2.45, 2.75) is 79.3 Å². The lowest BCUT2D eigenvalue weighted by atomic mass is 10.1. The molecule has 28 nitrogen and oxygen atoms in total. The quantitative estimate of drug-likeness (QED) is 0.0157. The van der Waals surface area contributed by atoms with E-state index in [1.54, 1.807) is 23.0 Å². The monoisotopic (exact) mass is 1330 g/mol. The first-order chi connectivity index (χ1) is 47.5. The fraction of sp³-hybridized carbons (Fsp3) is 0.357. The van der Waals surface area contributed by atoms with Crippen LogP contribution in [0.25, 0.3) is 55.7 Å². The predicted octanol–water partition coefficient (Wildman–Crippen LogP) is 7.66. The van der Waals surface area contributed by atoms with E-state index in [9.17, 15) is 24.0 Å². The van der Waals surface area contributed by atoms with Crippen LogP contribution in [0.15, 0.2) is 122 Å². The van der Waals surface area contributed by atoms with Crippen molar-refractivity contribution < 1.29 is 28.7 Å².